The summed E-state index contributed by atoms with van der Waals surface area (Å²) < 4.78 is 16.8. The van der Waals surface area contributed by atoms with Crippen LogP contribution in [-0.2, 0) is 28.6 Å². The first kappa shape index (κ1) is 64.1. The highest BCUT2D eigenvalue weighted by Crippen LogP contribution is 2.15. The molecule has 0 N–H and O–H groups in total. The fraction of sp³-hybridized carbons (Fsp3) is 0.787. The Morgan fingerprint density at radius 3 is 0.940 bits per heavy atom. The lowest BCUT2D eigenvalue weighted by molar-refractivity contribution is -0.167. The van der Waals surface area contributed by atoms with Gasteiger partial charge in [-0.05, 0) is 103 Å². The van der Waals surface area contributed by atoms with Gasteiger partial charge in [0.25, 0.3) is 0 Å². The first-order valence-electron chi connectivity index (χ1n) is 28.8. The zero-order valence-corrected chi connectivity index (χ0v) is 44.4. The van der Waals surface area contributed by atoms with E-state index in [9.17, 15) is 14.4 Å². The van der Waals surface area contributed by atoms with Crippen molar-refractivity contribution in [1.29, 1.82) is 0 Å². The monoisotopic (exact) mass is 937 g/mol. The van der Waals surface area contributed by atoms with Crippen LogP contribution in [0.2, 0.25) is 0 Å². The predicted molar refractivity (Wildman–Crippen MR) is 288 cm³/mol. The van der Waals surface area contributed by atoms with Crippen molar-refractivity contribution in [2.24, 2.45) is 0 Å². The number of esters is 3. The van der Waals surface area contributed by atoms with Crippen LogP contribution >= 0.6 is 0 Å². The van der Waals surface area contributed by atoms with E-state index >= 15 is 0 Å². The zero-order valence-electron chi connectivity index (χ0n) is 44.4. The molecule has 0 aliphatic rings. The molecule has 388 valence electrons. The summed E-state index contributed by atoms with van der Waals surface area (Å²) in [6.07, 6.45) is 69.2. The molecule has 0 aliphatic carbocycles. The van der Waals surface area contributed by atoms with Gasteiger partial charge in [-0.2, -0.15) is 0 Å². The van der Waals surface area contributed by atoms with Gasteiger partial charge in [0, 0.05) is 19.3 Å². The molecule has 0 aliphatic heterocycles. The summed E-state index contributed by atoms with van der Waals surface area (Å²) in [4.78, 5) is 38.1. The van der Waals surface area contributed by atoms with E-state index in [1.165, 1.54) is 148 Å². The second-order valence-electron chi connectivity index (χ2n) is 19.2. The molecule has 0 spiro atoms. The number of rotatable bonds is 52. The number of carbonyl (C=O) groups excluding carboxylic acids is 3. The molecule has 1 atom stereocenters. The van der Waals surface area contributed by atoms with Crippen molar-refractivity contribution in [2.75, 3.05) is 13.2 Å². The average molecular weight is 938 g/mol. The Hall–Kier alpha value is -2.89. The van der Waals surface area contributed by atoms with Gasteiger partial charge in [-0.25, -0.2) is 0 Å². The molecule has 1 unspecified atom stereocenters. The van der Waals surface area contributed by atoms with Gasteiger partial charge in [0.1, 0.15) is 13.2 Å². The molecule has 0 fully saturated rings. The molecule has 0 aromatic carbocycles. The van der Waals surface area contributed by atoms with Crippen LogP contribution in [0.25, 0.3) is 0 Å². The van der Waals surface area contributed by atoms with E-state index < -0.39 is 6.10 Å². The molecule has 67 heavy (non-hydrogen) atoms. The largest absolute Gasteiger partial charge is 0.462 e. The molecule has 6 heteroatoms. The number of allylic oxidation sites excluding steroid dienone is 10. The van der Waals surface area contributed by atoms with E-state index in [0.29, 0.717) is 19.3 Å². The van der Waals surface area contributed by atoms with Gasteiger partial charge in [0.2, 0.25) is 0 Å². The second kappa shape index (κ2) is 55.7. The van der Waals surface area contributed by atoms with Gasteiger partial charge in [-0.3, -0.25) is 14.4 Å². The van der Waals surface area contributed by atoms with Crippen LogP contribution in [0.4, 0.5) is 0 Å². The fourth-order valence-corrected chi connectivity index (χ4v) is 8.15. The first-order chi connectivity index (χ1) is 33.0. The maximum absolute atomic E-state index is 12.8. The molecule has 0 heterocycles. The van der Waals surface area contributed by atoms with Crippen LogP contribution in [0.15, 0.2) is 60.8 Å². The van der Waals surface area contributed by atoms with E-state index in [2.05, 4.69) is 81.5 Å². The number of hydrogen-bond acceptors (Lipinski definition) is 6. The number of hydrogen-bond donors (Lipinski definition) is 0. The van der Waals surface area contributed by atoms with Crippen molar-refractivity contribution < 1.29 is 28.6 Å². The van der Waals surface area contributed by atoms with Crippen molar-refractivity contribution in [1.82, 2.24) is 0 Å². The molecule has 6 nitrogen and oxygen atoms in total. The van der Waals surface area contributed by atoms with Crippen molar-refractivity contribution in [2.45, 2.75) is 297 Å². The Bertz CT molecular complexity index is 1210. The lowest BCUT2D eigenvalue weighted by atomic mass is 10.1. The standard InChI is InChI=1S/C61H108O6/c1-4-7-10-13-16-19-22-25-28-30-31-32-34-36-39-42-45-48-51-54-60(63)66-57-58(56-65-59(62)53-50-47-44-41-38-35-27-24-21-18-15-12-9-6-3)67-61(64)55-52-49-46-43-40-37-33-29-26-23-20-17-14-11-8-5-2/h8,11,17,20,26,29-31,35,38,58H,4-7,9-10,12-16,18-19,21-25,27-28,32-34,36-37,39-57H2,1-3H3/b11-8-,20-17-,29-26-,31-30-,38-35-. The van der Waals surface area contributed by atoms with Gasteiger partial charge in [-0.1, -0.05) is 229 Å². The molecule has 0 amide bonds. The van der Waals surface area contributed by atoms with Gasteiger partial charge in [0.15, 0.2) is 6.10 Å². The molecular weight excluding hydrogens is 829 g/mol. The molecule has 0 aromatic rings. The van der Waals surface area contributed by atoms with Gasteiger partial charge in [0.05, 0.1) is 0 Å². The molecular formula is C61H108O6. The van der Waals surface area contributed by atoms with Gasteiger partial charge in [-0.15, -0.1) is 0 Å². The van der Waals surface area contributed by atoms with Crippen LogP contribution in [0.3, 0.4) is 0 Å². The Morgan fingerprint density at radius 2 is 0.582 bits per heavy atom. The van der Waals surface area contributed by atoms with Gasteiger partial charge < -0.3 is 14.2 Å². The minimum atomic E-state index is -0.789. The molecule has 0 rings (SSSR count). The lowest BCUT2D eigenvalue weighted by Gasteiger charge is -2.18. The summed E-state index contributed by atoms with van der Waals surface area (Å²) in [5.41, 5.74) is 0. The average Bonchev–Trinajstić information content (AvgIpc) is 3.33. The quantitative estimate of drug-likeness (QED) is 0.0262. The summed E-state index contributed by atoms with van der Waals surface area (Å²) in [5, 5.41) is 0. The summed E-state index contributed by atoms with van der Waals surface area (Å²) in [5.74, 6) is -0.909. The Morgan fingerprint density at radius 1 is 0.313 bits per heavy atom. The minimum Gasteiger partial charge on any atom is -0.462 e. The highest BCUT2D eigenvalue weighted by molar-refractivity contribution is 5.71. The summed E-state index contributed by atoms with van der Waals surface area (Å²) in [6, 6.07) is 0. The maximum Gasteiger partial charge on any atom is 0.306 e. The summed E-state index contributed by atoms with van der Waals surface area (Å²) in [7, 11) is 0. The van der Waals surface area contributed by atoms with Crippen LogP contribution in [0.5, 0.6) is 0 Å². The SMILES string of the molecule is CC/C=C\C/C=C\C/C=C\CCCCCCCCC(=O)OC(COC(=O)CCCCC/C=C\CCCCCCCCC)COC(=O)CCCCCCCCC/C=C\CCCCCCCCCC. The van der Waals surface area contributed by atoms with Crippen LogP contribution in [-0.4, -0.2) is 37.2 Å². The van der Waals surface area contributed by atoms with Crippen molar-refractivity contribution in [3.05, 3.63) is 60.8 Å². The topological polar surface area (TPSA) is 78.9 Å². The Labute approximate surface area is 415 Å². The third-order valence-corrected chi connectivity index (χ3v) is 12.5. The zero-order chi connectivity index (χ0) is 48.6. The minimum absolute atomic E-state index is 0.0857. The van der Waals surface area contributed by atoms with Crippen molar-refractivity contribution in [3.63, 3.8) is 0 Å². The molecule has 0 aromatic heterocycles. The number of ether oxygens (including phenoxy) is 3. The van der Waals surface area contributed by atoms with E-state index in [0.717, 1.165) is 103 Å². The molecule has 0 saturated carbocycles. The lowest BCUT2D eigenvalue weighted by Crippen LogP contribution is -2.30. The van der Waals surface area contributed by atoms with E-state index in [1.807, 2.05) is 0 Å². The van der Waals surface area contributed by atoms with Crippen LogP contribution in [0.1, 0.15) is 290 Å². The Balaban J connectivity index is 4.39. The van der Waals surface area contributed by atoms with Crippen LogP contribution < -0.4 is 0 Å². The van der Waals surface area contributed by atoms with Gasteiger partial charge >= 0.3 is 17.9 Å². The second-order valence-corrected chi connectivity index (χ2v) is 19.2. The number of unbranched alkanes of at least 4 members (excludes halogenated alkanes) is 31. The summed E-state index contributed by atoms with van der Waals surface area (Å²) in [6.45, 7) is 6.52. The third-order valence-electron chi connectivity index (χ3n) is 12.5. The predicted octanol–water partition coefficient (Wildman–Crippen LogP) is 19.2. The van der Waals surface area contributed by atoms with E-state index in [4.69, 9.17) is 14.2 Å². The highest BCUT2D eigenvalue weighted by Gasteiger charge is 2.19. The van der Waals surface area contributed by atoms with Crippen molar-refractivity contribution >= 4 is 17.9 Å². The third kappa shape index (κ3) is 53.9. The van der Waals surface area contributed by atoms with E-state index in [-0.39, 0.29) is 31.1 Å². The normalized spacial score (nSPS) is 12.5. The van der Waals surface area contributed by atoms with E-state index in [1.54, 1.807) is 0 Å². The van der Waals surface area contributed by atoms with Crippen LogP contribution in [0, 0.1) is 0 Å². The first-order valence-corrected chi connectivity index (χ1v) is 28.8. The maximum atomic E-state index is 12.8. The molecule has 0 bridgehead atoms. The molecule has 0 radical (unpaired) electrons. The highest BCUT2D eigenvalue weighted by atomic mass is 16.6. The summed E-state index contributed by atoms with van der Waals surface area (Å²) >= 11 is 0. The smallest absolute Gasteiger partial charge is 0.306 e. The molecule has 0 saturated heterocycles. The fourth-order valence-electron chi connectivity index (χ4n) is 8.15. The number of carbonyl (C=O) groups is 3. The Kier molecular flexibility index (Phi) is 53.3. The van der Waals surface area contributed by atoms with Crippen molar-refractivity contribution in [3.8, 4) is 0 Å².